The second kappa shape index (κ2) is 6.28. The molecule has 2 aromatic heterocycles. The molecular formula is C20H17N3O2. The quantitative estimate of drug-likeness (QED) is 0.576. The van der Waals surface area contributed by atoms with Crippen LogP contribution in [0.15, 0.2) is 77.9 Å². The van der Waals surface area contributed by atoms with Crippen molar-refractivity contribution in [2.75, 3.05) is 0 Å². The summed E-state index contributed by atoms with van der Waals surface area (Å²) in [6.07, 6.45) is 3.53. The van der Waals surface area contributed by atoms with E-state index in [1.54, 1.807) is 23.0 Å². The molecule has 4 rings (SSSR count). The highest BCUT2D eigenvalue weighted by molar-refractivity contribution is 5.80. The van der Waals surface area contributed by atoms with Crippen molar-refractivity contribution in [1.82, 2.24) is 14.3 Å². The number of aromatic nitrogens is 3. The van der Waals surface area contributed by atoms with Crippen molar-refractivity contribution in [2.24, 2.45) is 7.05 Å². The Morgan fingerprint density at radius 3 is 2.68 bits per heavy atom. The molecular weight excluding hydrogens is 314 g/mol. The number of aryl methyl sites for hydroxylation is 1. The molecule has 0 amide bonds. The molecule has 0 saturated carbocycles. The minimum absolute atomic E-state index is 0.131. The van der Waals surface area contributed by atoms with Crippen LogP contribution in [0, 0.1) is 0 Å². The number of pyridine rings is 1. The Kier molecular flexibility index (Phi) is 3.82. The largest absolute Gasteiger partial charge is 0.489 e. The highest BCUT2D eigenvalue weighted by Gasteiger charge is 2.05. The summed E-state index contributed by atoms with van der Waals surface area (Å²) in [6, 6.07) is 19.0. The number of fused-ring (bicyclic) bond motifs is 1. The summed E-state index contributed by atoms with van der Waals surface area (Å²) in [5.74, 6) is 0.563. The van der Waals surface area contributed by atoms with E-state index in [1.165, 1.54) is 6.07 Å². The molecule has 25 heavy (non-hydrogen) atoms. The fourth-order valence-corrected chi connectivity index (χ4v) is 2.81. The third kappa shape index (κ3) is 3.04. The van der Waals surface area contributed by atoms with E-state index in [0.717, 1.165) is 22.2 Å². The monoisotopic (exact) mass is 331 g/mol. The predicted molar refractivity (Wildman–Crippen MR) is 97.1 cm³/mol. The van der Waals surface area contributed by atoms with E-state index >= 15 is 0 Å². The lowest BCUT2D eigenvalue weighted by molar-refractivity contribution is 0.305. The third-order valence-electron chi connectivity index (χ3n) is 4.15. The smallest absolute Gasteiger partial charge is 0.258 e. The third-order valence-corrected chi connectivity index (χ3v) is 4.15. The Balaban J connectivity index is 1.59. The number of hydrogen-bond donors (Lipinski definition) is 0. The normalized spacial score (nSPS) is 10.9. The molecule has 0 N–H and O–H groups in total. The average molecular weight is 331 g/mol. The summed E-state index contributed by atoms with van der Waals surface area (Å²) >= 11 is 0. The Hall–Kier alpha value is -3.34. The van der Waals surface area contributed by atoms with Crippen LogP contribution in [-0.2, 0) is 13.7 Å². The maximum absolute atomic E-state index is 12.5. The van der Waals surface area contributed by atoms with Gasteiger partial charge in [-0.1, -0.05) is 30.3 Å². The Morgan fingerprint density at radius 2 is 1.88 bits per heavy atom. The van der Waals surface area contributed by atoms with Gasteiger partial charge in [-0.05, 0) is 29.8 Å². The molecule has 0 fully saturated rings. The zero-order valence-corrected chi connectivity index (χ0v) is 13.8. The molecule has 0 aliphatic heterocycles. The van der Waals surface area contributed by atoms with Gasteiger partial charge in [-0.3, -0.25) is 14.0 Å². The molecule has 0 unspecified atom stereocenters. The van der Waals surface area contributed by atoms with Gasteiger partial charge in [-0.15, -0.1) is 0 Å². The van der Waals surface area contributed by atoms with Gasteiger partial charge in [-0.2, -0.15) is 5.10 Å². The molecule has 0 radical (unpaired) electrons. The van der Waals surface area contributed by atoms with E-state index in [4.69, 9.17) is 4.74 Å². The van der Waals surface area contributed by atoms with E-state index < -0.39 is 0 Å². The highest BCUT2D eigenvalue weighted by Crippen LogP contribution is 2.18. The van der Waals surface area contributed by atoms with Gasteiger partial charge in [0.05, 0.1) is 11.7 Å². The maximum atomic E-state index is 12.5. The number of ether oxygens (including phenoxy) is 1. The summed E-state index contributed by atoms with van der Waals surface area (Å²) in [7, 11) is 1.90. The molecule has 0 aliphatic carbocycles. The van der Waals surface area contributed by atoms with E-state index in [0.29, 0.717) is 12.4 Å². The number of rotatable bonds is 4. The van der Waals surface area contributed by atoms with Crippen LogP contribution in [0.5, 0.6) is 5.75 Å². The topological polar surface area (TPSA) is 49.0 Å². The zero-order valence-electron chi connectivity index (χ0n) is 13.8. The van der Waals surface area contributed by atoms with Gasteiger partial charge in [-0.25, -0.2) is 0 Å². The first-order valence-corrected chi connectivity index (χ1v) is 8.02. The van der Waals surface area contributed by atoms with Gasteiger partial charge in [0.1, 0.15) is 12.4 Å². The fraction of sp³-hybridized carbons (Fsp3) is 0.100. The van der Waals surface area contributed by atoms with Gasteiger partial charge in [0, 0.05) is 30.4 Å². The van der Waals surface area contributed by atoms with Crippen LogP contribution in [0.1, 0.15) is 5.56 Å². The Labute approximate surface area is 144 Å². The first-order valence-electron chi connectivity index (χ1n) is 8.02. The average Bonchev–Trinajstić information content (AvgIpc) is 3.01. The van der Waals surface area contributed by atoms with Crippen LogP contribution >= 0.6 is 0 Å². The molecule has 4 aromatic rings. The lowest BCUT2D eigenvalue weighted by Gasteiger charge is -2.09. The van der Waals surface area contributed by atoms with E-state index in [2.05, 4.69) is 5.10 Å². The summed E-state index contributed by atoms with van der Waals surface area (Å²) in [5, 5.41) is 5.23. The van der Waals surface area contributed by atoms with Crippen LogP contribution in [0.4, 0.5) is 0 Å². The predicted octanol–water partition coefficient (Wildman–Crippen LogP) is 3.30. The molecule has 2 aromatic carbocycles. The maximum Gasteiger partial charge on any atom is 0.258 e. The lowest BCUT2D eigenvalue weighted by Crippen LogP contribution is -2.16. The van der Waals surface area contributed by atoms with Crippen molar-refractivity contribution in [3.63, 3.8) is 0 Å². The van der Waals surface area contributed by atoms with E-state index in [-0.39, 0.29) is 5.56 Å². The number of benzene rings is 2. The second-order valence-electron chi connectivity index (χ2n) is 5.86. The second-order valence-corrected chi connectivity index (χ2v) is 5.86. The molecule has 2 heterocycles. The SMILES string of the molecule is Cn1ncc2cc(-n3ccc(OCc4ccccc4)cc3=O)ccc21. The lowest BCUT2D eigenvalue weighted by atomic mass is 10.2. The molecule has 0 saturated heterocycles. The summed E-state index contributed by atoms with van der Waals surface area (Å²) in [6.45, 7) is 0.436. The number of hydrogen-bond acceptors (Lipinski definition) is 3. The zero-order chi connectivity index (χ0) is 17.2. The van der Waals surface area contributed by atoms with E-state index in [1.807, 2.05) is 60.3 Å². The molecule has 0 bridgehead atoms. The van der Waals surface area contributed by atoms with Gasteiger partial charge >= 0.3 is 0 Å². The first kappa shape index (κ1) is 15.2. The number of nitrogens with zero attached hydrogens (tertiary/aromatic N) is 3. The molecule has 0 atom stereocenters. The standard InChI is InChI=1S/C20H17N3O2/c1-22-19-8-7-17(11-16(19)13-21-22)23-10-9-18(12-20(23)24)25-14-15-5-3-2-4-6-15/h2-13H,14H2,1H3. The van der Waals surface area contributed by atoms with Crippen molar-refractivity contribution in [2.45, 2.75) is 6.61 Å². The molecule has 124 valence electrons. The van der Waals surface area contributed by atoms with Crippen LogP contribution < -0.4 is 10.3 Å². The Bertz CT molecular complexity index is 1080. The van der Waals surface area contributed by atoms with E-state index in [9.17, 15) is 4.79 Å². The molecule has 0 aliphatic rings. The molecule has 0 spiro atoms. The van der Waals surface area contributed by atoms with Gasteiger partial charge in [0.15, 0.2) is 0 Å². The van der Waals surface area contributed by atoms with Crippen molar-refractivity contribution >= 4 is 10.9 Å². The highest BCUT2D eigenvalue weighted by atomic mass is 16.5. The van der Waals surface area contributed by atoms with Crippen LogP contribution in [0.25, 0.3) is 16.6 Å². The van der Waals surface area contributed by atoms with Crippen molar-refractivity contribution in [3.8, 4) is 11.4 Å². The minimum atomic E-state index is -0.131. The summed E-state index contributed by atoms with van der Waals surface area (Å²) in [4.78, 5) is 12.5. The van der Waals surface area contributed by atoms with Crippen molar-refractivity contribution < 1.29 is 4.74 Å². The van der Waals surface area contributed by atoms with Gasteiger partial charge in [0.2, 0.25) is 0 Å². The minimum Gasteiger partial charge on any atom is -0.489 e. The molecule has 5 nitrogen and oxygen atoms in total. The Morgan fingerprint density at radius 1 is 1.04 bits per heavy atom. The summed E-state index contributed by atoms with van der Waals surface area (Å²) < 4.78 is 9.12. The van der Waals surface area contributed by atoms with Crippen LogP contribution in [0.2, 0.25) is 0 Å². The van der Waals surface area contributed by atoms with Crippen LogP contribution in [0.3, 0.4) is 0 Å². The molecule has 5 heteroatoms. The van der Waals surface area contributed by atoms with Gasteiger partial charge in [0.25, 0.3) is 5.56 Å². The summed E-state index contributed by atoms with van der Waals surface area (Å²) in [5.41, 5.74) is 2.77. The van der Waals surface area contributed by atoms with Crippen LogP contribution in [-0.4, -0.2) is 14.3 Å². The van der Waals surface area contributed by atoms with Gasteiger partial charge < -0.3 is 4.74 Å². The van der Waals surface area contributed by atoms with Crippen molar-refractivity contribution in [3.05, 3.63) is 89.0 Å². The van der Waals surface area contributed by atoms with Crippen molar-refractivity contribution in [1.29, 1.82) is 0 Å². The first-order chi connectivity index (χ1) is 12.2. The fourth-order valence-electron chi connectivity index (χ4n) is 2.81.